The molecule has 0 saturated heterocycles. The summed E-state index contributed by atoms with van der Waals surface area (Å²) in [5, 5.41) is 11.7. The summed E-state index contributed by atoms with van der Waals surface area (Å²) in [5.74, 6) is 0. The van der Waals surface area contributed by atoms with E-state index in [0.717, 1.165) is 15.6 Å². The van der Waals surface area contributed by atoms with Gasteiger partial charge in [0.25, 0.3) is 0 Å². The SMILES string of the molecule is Brc1nnc(NCc2ccns2)s1. The van der Waals surface area contributed by atoms with E-state index in [9.17, 15) is 0 Å². The van der Waals surface area contributed by atoms with Gasteiger partial charge >= 0.3 is 0 Å². The van der Waals surface area contributed by atoms with Crippen molar-refractivity contribution in [2.45, 2.75) is 6.54 Å². The maximum Gasteiger partial charge on any atom is 0.206 e. The first-order valence-corrected chi connectivity index (χ1v) is 5.85. The Bertz CT molecular complexity index is 372. The Morgan fingerprint density at radius 3 is 3.00 bits per heavy atom. The number of hydrogen-bond acceptors (Lipinski definition) is 6. The van der Waals surface area contributed by atoms with Gasteiger partial charge in [-0.15, -0.1) is 10.2 Å². The Hall–Kier alpha value is -0.530. The highest BCUT2D eigenvalue weighted by molar-refractivity contribution is 9.11. The van der Waals surface area contributed by atoms with E-state index >= 15 is 0 Å². The van der Waals surface area contributed by atoms with Crippen LogP contribution in [0.1, 0.15) is 4.88 Å². The van der Waals surface area contributed by atoms with Gasteiger partial charge in [-0.05, 0) is 33.5 Å². The molecule has 0 bridgehead atoms. The van der Waals surface area contributed by atoms with Crippen molar-refractivity contribution < 1.29 is 0 Å². The second kappa shape index (κ2) is 4.12. The van der Waals surface area contributed by atoms with Crippen molar-refractivity contribution in [1.29, 1.82) is 0 Å². The molecule has 0 fully saturated rings. The van der Waals surface area contributed by atoms with E-state index in [0.29, 0.717) is 0 Å². The van der Waals surface area contributed by atoms with E-state index < -0.39 is 0 Å². The minimum absolute atomic E-state index is 0.756. The summed E-state index contributed by atoms with van der Waals surface area (Å²) in [5.41, 5.74) is 0. The predicted octanol–water partition coefficient (Wildman–Crippen LogP) is 2.37. The van der Waals surface area contributed by atoms with Crippen LogP contribution in [0.5, 0.6) is 0 Å². The maximum atomic E-state index is 4.00. The average molecular weight is 277 g/mol. The van der Waals surface area contributed by atoms with Crippen molar-refractivity contribution >= 4 is 43.9 Å². The minimum atomic E-state index is 0.756. The van der Waals surface area contributed by atoms with Gasteiger partial charge in [-0.25, -0.2) is 4.37 Å². The van der Waals surface area contributed by atoms with Gasteiger partial charge in [0.05, 0.1) is 6.54 Å². The Labute approximate surface area is 91.3 Å². The van der Waals surface area contributed by atoms with Gasteiger partial charge in [0.15, 0.2) is 3.92 Å². The molecule has 0 amide bonds. The van der Waals surface area contributed by atoms with E-state index in [1.165, 1.54) is 27.7 Å². The van der Waals surface area contributed by atoms with Crippen LogP contribution in [0.2, 0.25) is 0 Å². The molecular weight excluding hydrogens is 272 g/mol. The molecule has 7 heteroatoms. The average Bonchev–Trinajstić information content (AvgIpc) is 2.71. The summed E-state index contributed by atoms with van der Waals surface area (Å²) in [6.45, 7) is 0.756. The lowest BCUT2D eigenvalue weighted by atomic mass is 10.5. The van der Waals surface area contributed by atoms with Crippen LogP contribution in [0.25, 0.3) is 0 Å². The van der Waals surface area contributed by atoms with Crippen LogP contribution in [0.4, 0.5) is 5.13 Å². The van der Waals surface area contributed by atoms with Gasteiger partial charge in [0.2, 0.25) is 5.13 Å². The molecule has 0 atom stereocenters. The van der Waals surface area contributed by atoms with Crippen LogP contribution in [-0.4, -0.2) is 14.6 Å². The van der Waals surface area contributed by atoms with Crippen LogP contribution in [0.15, 0.2) is 16.2 Å². The summed E-state index contributed by atoms with van der Waals surface area (Å²) in [4.78, 5) is 1.19. The highest BCUT2D eigenvalue weighted by Gasteiger charge is 2.00. The van der Waals surface area contributed by atoms with Crippen LogP contribution < -0.4 is 5.32 Å². The molecule has 1 N–H and O–H groups in total. The standard InChI is InChI=1S/C6H5BrN4S2/c7-5-10-11-6(12-5)8-3-4-1-2-9-13-4/h1-2H,3H2,(H,8,11). The molecule has 2 aromatic heterocycles. The molecule has 0 aromatic carbocycles. The topological polar surface area (TPSA) is 50.7 Å². The summed E-state index contributed by atoms with van der Waals surface area (Å²) < 4.78 is 4.79. The zero-order valence-electron chi connectivity index (χ0n) is 6.40. The fraction of sp³-hybridized carbons (Fsp3) is 0.167. The fourth-order valence-corrected chi connectivity index (χ4v) is 2.29. The molecule has 4 nitrogen and oxygen atoms in total. The van der Waals surface area contributed by atoms with Gasteiger partial charge in [0, 0.05) is 11.1 Å². The molecule has 2 aromatic rings. The second-order valence-corrected chi connectivity index (χ2v) is 5.36. The van der Waals surface area contributed by atoms with E-state index in [2.05, 4.69) is 35.8 Å². The van der Waals surface area contributed by atoms with Crippen molar-refractivity contribution in [3.05, 3.63) is 21.1 Å². The van der Waals surface area contributed by atoms with E-state index in [4.69, 9.17) is 0 Å². The Morgan fingerprint density at radius 1 is 1.46 bits per heavy atom. The first-order chi connectivity index (χ1) is 6.34. The van der Waals surface area contributed by atoms with Crippen molar-refractivity contribution in [1.82, 2.24) is 14.6 Å². The number of anilines is 1. The molecule has 0 spiro atoms. The van der Waals surface area contributed by atoms with E-state index in [1.54, 1.807) is 6.20 Å². The van der Waals surface area contributed by atoms with Crippen molar-refractivity contribution in [2.75, 3.05) is 5.32 Å². The molecule has 2 rings (SSSR count). The zero-order valence-corrected chi connectivity index (χ0v) is 9.62. The Balaban J connectivity index is 1.93. The summed E-state index contributed by atoms with van der Waals surface area (Å²) >= 11 is 6.20. The van der Waals surface area contributed by atoms with Crippen LogP contribution >= 0.6 is 38.8 Å². The summed E-state index contributed by atoms with van der Waals surface area (Å²) in [6, 6.07) is 1.98. The van der Waals surface area contributed by atoms with Gasteiger partial charge in [-0.3, -0.25) is 0 Å². The lowest BCUT2D eigenvalue weighted by Gasteiger charge is -1.96. The highest BCUT2D eigenvalue weighted by atomic mass is 79.9. The van der Waals surface area contributed by atoms with Crippen LogP contribution in [0.3, 0.4) is 0 Å². The molecule has 0 aliphatic rings. The first-order valence-electron chi connectivity index (χ1n) is 3.47. The Morgan fingerprint density at radius 2 is 2.38 bits per heavy atom. The number of halogens is 1. The number of rotatable bonds is 3. The molecule has 0 radical (unpaired) electrons. The van der Waals surface area contributed by atoms with E-state index in [1.807, 2.05) is 6.07 Å². The molecule has 13 heavy (non-hydrogen) atoms. The molecule has 2 heterocycles. The third-order valence-electron chi connectivity index (χ3n) is 1.31. The quantitative estimate of drug-likeness (QED) is 0.935. The molecule has 68 valence electrons. The molecule has 0 unspecified atom stereocenters. The first kappa shape index (κ1) is 9.04. The Kier molecular flexibility index (Phi) is 2.87. The number of aromatic nitrogens is 3. The van der Waals surface area contributed by atoms with E-state index in [-0.39, 0.29) is 0 Å². The number of hydrogen-bond donors (Lipinski definition) is 1. The maximum absolute atomic E-state index is 4.00. The summed E-state index contributed by atoms with van der Waals surface area (Å²) in [6.07, 6.45) is 1.79. The second-order valence-electron chi connectivity index (χ2n) is 2.19. The highest BCUT2D eigenvalue weighted by Crippen LogP contribution is 2.20. The van der Waals surface area contributed by atoms with Gasteiger partial charge < -0.3 is 5.32 Å². The molecule has 0 saturated carbocycles. The lowest BCUT2D eigenvalue weighted by molar-refractivity contribution is 1.05. The molecule has 0 aliphatic carbocycles. The number of nitrogens with zero attached hydrogens (tertiary/aromatic N) is 3. The minimum Gasteiger partial charge on any atom is -0.355 e. The van der Waals surface area contributed by atoms with Crippen molar-refractivity contribution in [3.63, 3.8) is 0 Å². The third-order valence-corrected chi connectivity index (χ3v) is 3.36. The fourth-order valence-electron chi connectivity index (χ4n) is 0.773. The van der Waals surface area contributed by atoms with Crippen LogP contribution in [-0.2, 0) is 6.54 Å². The largest absolute Gasteiger partial charge is 0.355 e. The van der Waals surface area contributed by atoms with Gasteiger partial charge in [-0.1, -0.05) is 11.3 Å². The normalized spacial score (nSPS) is 10.2. The third kappa shape index (κ3) is 2.45. The monoisotopic (exact) mass is 276 g/mol. The van der Waals surface area contributed by atoms with Crippen molar-refractivity contribution in [3.8, 4) is 0 Å². The van der Waals surface area contributed by atoms with Gasteiger partial charge in [0.1, 0.15) is 0 Å². The van der Waals surface area contributed by atoms with Crippen molar-refractivity contribution in [2.24, 2.45) is 0 Å². The van der Waals surface area contributed by atoms with Crippen LogP contribution in [0, 0.1) is 0 Å². The smallest absolute Gasteiger partial charge is 0.206 e. The zero-order chi connectivity index (χ0) is 9.10. The summed E-state index contributed by atoms with van der Waals surface area (Å²) in [7, 11) is 0. The van der Waals surface area contributed by atoms with Gasteiger partial charge in [-0.2, -0.15) is 0 Å². The lowest BCUT2D eigenvalue weighted by Crippen LogP contribution is -1.96. The number of nitrogens with one attached hydrogen (secondary N) is 1. The molecular formula is C6H5BrN4S2. The predicted molar refractivity (Wildman–Crippen MR) is 57.0 cm³/mol. The molecule has 0 aliphatic heterocycles.